The highest BCUT2D eigenvalue weighted by atomic mass is 14.7. The Bertz CT molecular complexity index is 328. The number of rotatable bonds is 3. The predicted molar refractivity (Wildman–Crippen MR) is 69.3 cm³/mol. The van der Waals surface area contributed by atoms with Crippen LogP contribution in [0.1, 0.15) is 50.3 Å². The van der Waals surface area contributed by atoms with Gasteiger partial charge in [-0.1, -0.05) is 51.0 Å². The first-order valence-electron chi connectivity index (χ1n) is 6.56. The fourth-order valence-corrected chi connectivity index (χ4v) is 2.93. The van der Waals surface area contributed by atoms with Gasteiger partial charge in [0.1, 0.15) is 0 Å². The molecule has 1 saturated carbocycles. The molecule has 0 aromatic heterocycles. The first kappa shape index (κ1) is 11.7. The topological polar surface area (TPSA) is 26.0 Å². The van der Waals surface area contributed by atoms with E-state index < -0.39 is 0 Å². The minimum absolute atomic E-state index is 0.239. The second kappa shape index (κ2) is 5.01. The summed E-state index contributed by atoms with van der Waals surface area (Å²) in [6, 6.07) is 9.11. The van der Waals surface area contributed by atoms with Crippen LogP contribution in [0.15, 0.2) is 24.3 Å². The van der Waals surface area contributed by atoms with Crippen molar-refractivity contribution in [1.29, 1.82) is 0 Å². The molecule has 3 atom stereocenters. The molecule has 0 bridgehead atoms. The second-order valence-electron chi connectivity index (χ2n) is 5.19. The van der Waals surface area contributed by atoms with Gasteiger partial charge in [-0.05, 0) is 35.8 Å². The van der Waals surface area contributed by atoms with Crippen LogP contribution in [0, 0.1) is 11.8 Å². The van der Waals surface area contributed by atoms with Crippen molar-refractivity contribution in [1.82, 2.24) is 0 Å². The third-order valence-electron chi connectivity index (χ3n) is 4.16. The van der Waals surface area contributed by atoms with Gasteiger partial charge in [0.2, 0.25) is 0 Å². The Morgan fingerprint density at radius 1 is 1.25 bits per heavy atom. The Kier molecular flexibility index (Phi) is 3.65. The van der Waals surface area contributed by atoms with Crippen LogP contribution in [0.5, 0.6) is 0 Å². The zero-order valence-electron chi connectivity index (χ0n) is 10.4. The first-order valence-corrected chi connectivity index (χ1v) is 6.56. The fraction of sp³-hybridized carbons (Fsp3) is 0.600. The van der Waals surface area contributed by atoms with Crippen molar-refractivity contribution in [2.24, 2.45) is 17.6 Å². The summed E-state index contributed by atoms with van der Waals surface area (Å²) in [6.07, 6.45) is 5.12. The van der Waals surface area contributed by atoms with E-state index in [1.807, 2.05) is 0 Å². The van der Waals surface area contributed by atoms with Gasteiger partial charge in [0, 0.05) is 6.04 Å². The van der Waals surface area contributed by atoms with Crippen LogP contribution in [-0.2, 0) is 6.42 Å². The second-order valence-corrected chi connectivity index (χ2v) is 5.19. The normalized spacial score (nSPS) is 26.9. The van der Waals surface area contributed by atoms with Gasteiger partial charge in [-0.15, -0.1) is 0 Å². The fourth-order valence-electron chi connectivity index (χ4n) is 2.93. The van der Waals surface area contributed by atoms with Crippen molar-refractivity contribution >= 4 is 0 Å². The van der Waals surface area contributed by atoms with Crippen LogP contribution >= 0.6 is 0 Å². The number of nitrogens with two attached hydrogens (primary N) is 1. The highest BCUT2D eigenvalue weighted by molar-refractivity contribution is 5.25. The summed E-state index contributed by atoms with van der Waals surface area (Å²) in [5.41, 5.74) is 9.10. The van der Waals surface area contributed by atoms with Gasteiger partial charge >= 0.3 is 0 Å². The van der Waals surface area contributed by atoms with Crippen molar-refractivity contribution in [2.75, 3.05) is 0 Å². The molecule has 1 fully saturated rings. The third-order valence-corrected chi connectivity index (χ3v) is 4.16. The molecular formula is C15H23N. The molecule has 0 radical (unpaired) electrons. The molecule has 1 aliphatic carbocycles. The monoisotopic (exact) mass is 217 g/mol. The van der Waals surface area contributed by atoms with Gasteiger partial charge in [-0.2, -0.15) is 0 Å². The van der Waals surface area contributed by atoms with E-state index in [1.54, 1.807) is 0 Å². The van der Waals surface area contributed by atoms with Crippen LogP contribution in [0.2, 0.25) is 0 Å². The van der Waals surface area contributed by atoms with Gasteiger partial charge in [-0.25, -0.2) is 0 Å². The van der Waals surface area contributed by atoms with E-state index in [9.17, 15) is 0 Å². The zero-order valence-corrected chi connectivity index (χ0v) is 10.4. The van der Waals surface area contributed by atoms with E-state index in [1.165, 1.54) is 30.4 Å². The van der Waals surface area contributed by atoms with E-state index in [-0.39, 0.29) is 6.04 Å². The van der Waals surface area contributed by atoms with E-state index in [2.05, 4.69) is 38.1 Å². The van der Waals surface area contributed by atoms with Crippen molar-refractivity contribution in [3.8, 4) is 0 Å². The van der Waals surface area contributed by atoms with Gasteiger partial charge in [-0.3, -0.25) is 0 Å². The van der Waals surface area contributed by atoms with Crippen LogP contribution in [0.3, 0.4) is 0 Å². The van der Waals surface area contributed by atoms with Gasteiger partial charge in [0.05, 0.1) is 0 Å². The molecule has 3 unspecified atom stereocenters. The molecule has 0 saturated heterocycles. The first-order chi connectivity index (χ1) is 7.72. The Hall–Kier alpha value is -0.820. The number of benzene rings is 1. The highest BCUT2D eigenvalue weighted by Gasteiger charge is 2.29. The standard InChI is InChI=1S/C15H23N/c1-3-12-7-9-13(10-8-12)15(16)14-6-4-5-11(14)2/h7-11,14-15H,3-6,16H2,1-2H3. The molecule has 0 amide bonds. The van der Waals surface area contributed by atoms with Crippen molar-refractivity contribution in [2.45, 2.75) is 45.6 Å². The lowest BCUT2D eigenvalue weighted by Gasteiger charge is -2.23. The molecule has 2 rings (SSSR count). The van der Waals surface area contributed by atoms with Crippen LogP contribution in [0.25, 0.3) is 0 Å². The van der Waals surface area contributed by atoms with Gasteiger partial charge in [0.25, 0.3) is 0 Å². The van der Waals surface area contributed by atoms with E-state index in [4.69, 9.17) is 5.73 Å². The Morgan fingerprint density at radius 2 is 1.94 bits per heavy atom. The largest absolute Gasteiger partial charge is 0.324 e. The highest BCUT2D eigenvalue weighted by Crippen LogP contribution is 2.38. The SMILES string of the molecule is CCc1ccc(C(N)C2CCCC2C)cc1. The summed E-state index contributed by atoms with van der Waals surface area (Å²) in [5, 5.41) is 0. The molecule has 1 nitrogen and oxygen atoms in total. The molecule has 88 valence electrons. The minimum atomic E-state index is 0.239. The molecule has 1 aliphatic rings. The minimum Gasteiger partial charge on any atom is -0.324 e. The van der Waals surface area contributed by atoms with Crippen molar-refractivity contribution < 1.29 is 0 Å². The summed E-state index contributed by atoms with van der Waals surface area (Å²) >= 11 is 0. The van der Waals surface area contributed by atoms with Crippen LogP contribution in [-0.4, -0.2) is 0 Å². The number of hydrogen-bond donors (Lipinski definition) is 1. The average molecular weight is 217 g/mol. The molecule has 1 heteroatoms. The quantitative estimate of drug-likeness (QED) is 0.821. The lowest BCUT2D eigenvalue weighted by atomic mass is 9.86. The predicted octanol–water partition coefficient (Wildman–Crippen LogP) is 3.69. The Morgan fingerprint density at radius 3 is 2.44 bits per heavy atom. The van der Waals surface area contributed by atoms with E-state index >= 15 is 0 Å². The summed E-state index contributed by atoms with van der Waals surface area (Å²) < 4.78 is 0. The summed E-state index contributed by atoms with van der Waals surface area (Å²) in [6.45, 7) is 4.53. The van der Waals surface area contributed by atoms with E-state index in [0.29, 0.717) is 5.92 Å². The third kappa shape index (κ3) is 2.30. The van der Waals surface area contributed by atoms with Gasteiger partial charge in [0.15, 0.2) is 0 Å². The molecule has 0 heterocycles. The lowest BCUT2D eigenvalue weighted by Crippen LogP contribution is -2.23. The van der Waals surface area contributed by atoms with Crippen molar-refractivity contribution in [3.63, 3.8) is 0 Å². The maximum absolute atomic E-state index is 6.38. The molecule has 0 aliphatic heterocycles. The molecule has 1 aromatic carbocycles. The molecule has 2 N–H and O–H groups in total. The summed E-state index contributed by atoms with van der Waals surface area (Å²) in [4.78, 5) is 0. The lowest BCUT2D eigenvalue weighted by molar-refractivity contribution is 0.351. The smallest absolute Gasteiger partial charge is 0.0326 e. The number of hydrogen-bond acceptors (Lipinski definition) is 1. The van der Waals surface area contributed by atoms with Crippen LogP contribution < -0.4 is 5.73 Å². The maximum Gasteiger partial charge on any atom is 0.0326 e. The van der Waals surface area contributed by atoms with E-state index in [0.717, 1.165) is 12.3 Å². The molecule has 1 aromatic rings. The van der Waals surface area contributed by atoms with Gasteiger partial charge < -0.3 is 5.73 Å². The number of aryl methyl sites for hydroxylation is 1. The Balaban J connectivity index is 2.10. The average Bonchev–Trinajstić information content (AvgIpc) is 2.75. The molecule has 16 heavy (non-hydrogen) atoms. The summed E-state index contributed by atoms with van der Waals surface area (Å²) in [5.74, 6) is 1.48. The van der Waals surface area contributed by atoms with Crippen molar-refractivity contribution in [3.05, 3.63) is 35.4 Å². The Labute approximate surface area is 99.0 Å². The zero-order chi connectivity index (χ0) is 11.5. The summed E-state index contributed by atoms with van der Waals surface area (Å²) in [7, 11) is 0. The molecular weight excluding hydrogens is 194 g/mol. The maximum atomic E-state index is 6.38. The van der Waals surface area contributed by atoms with Crippen LogP contribution in [0.4, 0.5) is 0 Å². The molecule has 0 spiro atoms.